The number of anilines is 1. The number of para-hydroxylation sites is 1. The lowest BCUT2D eigenvalue weighted by atomic mass is 10.1. The predicted molar refractivity (Wildman–Crippen MR) is 94.6 cm³/mol. The summed E-state index contributed by atoms with van der Waals surface area (Å²) in [6.07, 6.45) is 1.09. The Labute approximate surface area is 134 Å². The second-order valence-corrected chi connectivity index (χ2v) is 6.30. The van der Waals surface area contributed by atoms with E-state index in [1.807, 2.05) is 6.07 Å². The number of benzene rings is 2. The van der Waals surface area contributed by atoms with Crippen LogP contribution in [-0.2, 0) is 6.54 Å². The average molecular weight is 297 g/mol. The zero-order valence-electron chi connectivity index (χ0n) is 14.1. The molecule has 0 bridgehead atoms. The summed E-state index contributed by atoms with van der Waals surface area (Å²) in [5.41, 5.74) is 5.03. The molecule has 0 radical (unpaired) electrons. The highest BCUT2D eigenvalue weighted by Crippen LogP contribution is 2.21. The third kappa shape index (κ3) is 4.80. The molecule has 1 N–H and O–H groups in total. The Morgan fingerprint density at radius 1 is 1.00 bits per heavy atom. The summed E-state index contributed by atoms with van der Waals surface area (Å²) in [6, 6.07) is 14.7. The van der Waals surface area contributed by atoms with Crippen LogP contribution in [0.1, 0.15) is 37.0 Å². The van der Waals surface area contributed by atoms with Gasteiger partial charge in [-0.25, -0.2) is 0 Å². The van der Waals surface area contributed by atoms with Crippen molar-refractivity contribution in [2.75, 3.05) is 11.9 Å². The van der Waals surface area contributed by atoms with Gasteiger partial charge in [0.05, 0.1) is 6.61 Å². The maximum atomic E-state index is 5.83. The minimum absolute atomic E-state index is 0.675. The highest BCUT2D eigenvalue weighted by molar-refractivity contribution is 5.56. The molecule has 22 heavy (non-hydrogen) atoms. The first-order valence-corrected chi connectivity index (χ1v) is 8.08. The fourth-order valence-corrected chi connectivity index (χ4v) is 2.44. The van der Waals surface area contributed by atoms with E-state index in [1.165, 1.54) is 22.4 Å². The first-order chi connectivity index (χ1) is 10.6. The number of aryl methyl sites for hydroxylation is 2. The molecule has 2 rings (SSSR count). The molecule has 0 aliphatic heterocycles. The molecule has 0 unspecified atom stereocenters. The van der Waals surface area contributed by atoms with Crippen molar-refractivity contribution in [1.29, 1.82) is 0 Å². The van der Waals surface area contributed by atoms with Gasteiger partial charge >= 0.3 is 0 Å². The van der Waals surface area contributed by atoms with Crippen LogP contribution in [-0.4, -0.2) is 6.61 Å². The maximum Gasteiger partial charge on any atom is 0.119 e. The van der Waals surface area contributed by atoms with Crippen molar-refractivity contribution in [3.63, 3.8) is 0 Å². The van der Waals surface area contributed by atoms with Crippen molar-refractivity contribution in [3.8, 4) is 5.75 Å². The van der Waals surface area contributed by atoms with Crippen LogP contribution >= 0.6 is 0 Å². The first-order valence-electron chi connectivity index (χ1n) is 8.08. The van der Waals surface area contributed by atoms with Gasteiger partial charge in [0.25, 0.3) is 0 Å². The molecule has 2 nitrogen and oxygen atoms in total. The lowest BCUT2D eigenvalue weighted by Crippen LogP contribution is -2.04. The molecule has 0 aliphatic carbocycles. The van der Waals surface area contributed by atoms with Crippen LogP contribution < -0.4 is 10.1 Å². The molecule has 0 amide bonds. The van der Waals surface area contributed by atoms with Crippen LogP contribution in [0, 0.1) is 19.8 Å². The van der Waals surface area contributed by atoms with E-state index in [-0.39, 0.29) is 0 Å². The molecule has 0 fully saturated rings. The van der Waals surface area contributed by atoms with Crippen LogP contribution in [0.4, 0.5) is 5.69 Å². The van der Waals surface area contributed by atoms with E-state index < -0.39 is 0 Å². The zero-order valence-corrected chi connectivity index (χ0v) is 14.1. The Morgan fingerprint density at radius 2 is 1.68 bits per heavy atom. The fourth-order valence-electron chi connectivity index (χ4n) is 2.44. The summed E-state index contributed by atoms with van der Waals surface area (Å²) in [4.78, 5) is 0. The minimum Gasteiger partial charge on any atom is -0.494 e. The second-order valence-electron chi connectivity index (χ2n) is 6.30. The summed E-state index contributed by atoms with van der Waals surface area (Å²) in [6.45, 7) is 10.3. The standard InChI is InChI=1S/C20H27NO/c1-15(2)11-12-22-19-10-6-9-18(13-19)14-21-20-16(3)7-5-8-17(20)4/h5-10,13,15,21H,11-12,14H2,1-4H3. The monoisotopic (exact) mass is 297 g/mol. The van der Waals surface area contributed by atoms with Crippen LogP contribution in [0.5, 0.6) is 5.75 Å². The van der Waals surface area contributed by atoms with Gasteiger partial charge in [-0.1, -0.05) is 44.2 Å². The normalized spacial score (nSPS) is 10.8. The van der Waals surface area contributed by atoms with Crippen LogP contribution in [0.15, 0.2) is 42.5 Å². The first kappa shape index (κ1) is 16.4. The van der Waals surface area contributed by atoms with E-state index in [9.17, 15) is 0 Å². The van der Waals surface area contributed by atoms with Crippen molar-refractivity contribution in [2.45, 2.75) is 40.7 Å². The van der Waals surface area contributed by atoms with Crippen molar-refractivity contribution in [2.24, 2.45) is 5.92 Å². The largest absolute Gasteiger partial charge is 0.494 e. The molecular formula is C20H27NO. The lowest BCUT2D eigenvalue weighted by molar-refractivity contribution is 0.289. The lowest BCUT2D eigenvalue weighted by Gasteiger charge is -2.13. The number of hydrogen-bond acceptors (Lipinski definition) is 2. The molecule has 0 saturated heterocycles. The minimum atomic E-state index is 0.675. The summed E-state index contributed by atoms with van der Waals surface area (Å²) < 4.78 is 5.83. The quantitative estimate of drug-likeness (QED) is 0.744. The maximum absolute atomic E-state index is 5.83. The van der Waals surface area contributed by atoms with E-state index in [2.05, 4.69) is 69.4 Å². The number of rotatable bonds is 7. The van der Waals surface area contributed by atoms with E-state index in [0.717, 1.165) is 25.3 Å². The van der Waals surface area contributed by atoms with Crippen molar-refractivity contribution in [1.82, 2.24) is 0 Å². The van der Waals surface area contributed by atoms with Gasteiger partial charge in [0, 0.05) is 12.2 Å². The van der Waals surface area contributed by atoms with Gasteiger partial charge in [-0.15, -0.1) is 0 Å². The molecule has 2 aromatic carbocycles. The third-order valence-corrected chi connectivity index (χ3v) is 3.81. The summed E-state index contributed by atoms with van der Waals surface area (Å²) in [5, 5.41) is 3.54. The van der Waals surface area contributed by atoms with Crippen molar-refractivity contribution < 1.29 is 4.74 Å². The average Bonchev–Trinajstić information content (AvgIpc) is 2.47. The molecule has 2 aromatic rings. The van der Waals surface area contributed by atoms with E-state index in [1.54, 1.807) is 0 Å². The van der Waals surface area contributed by atoms with Crippen LogP contribution in [0.2, 0.25) is 0 Å². The molecule has 0 heterocycles. The Hall–Kier alpha value is -1.96. The summed E-state index contributed by atoms with van der Waals surface area (Å²) in [5.74, 6) is 1.63. The number of nitrogens with one attached hydrogen (secondary N) is 1. The van der Waals surface area contributed by atoms with Gasteiger partial charge in [0.1, 0.15) is 5.75 Å². The molecule has 0 aromatic heterocycles. The molecule has 0 spiro atoms. The topological polar surface area (TPSA) is 21.3 Å². The highest BCUT2D eigenvalue weighted by Gasteiger charge is 2.03. The van der Waals surface area contributed by atoms with Crippen LogP contribution in [0.3, 0.4) is 0 Å². The van der Waals surface area contributed by atoms with Gasteiger partial charge in [-0.2, -0.15) is 0 Å². The van der Waals surface area contributed by atoms with Crippen molar-refractivity contribution in [3.05, 3.63) is 59.2 Å². The Kier molecular flexibility index (Phi) is 5.88. The molecule has 0 aliphatic rings. The van der Waals surface area contributed by atoms with E-state index in [0.29, 0.717) is 5.92 Å². The molecule has 118 valence electrons. The molecule has 2 heteroatoms. The fraction of sp³-hybridized carbons (Fsp3) is 0.400. The SMILES string of the molecule is Cc1cccc(C)c1NCc1cccc(OCCC(C)C)c1. The van der Waals surface area contributed by atoms with Crippen LogP contribution in [0.25, 0.3) is 0 Å². The summed E-state index contributed by atoms with van der Waals surface area (Å²) >= 11 is 0. The molecule has 0 atom stereocenters. The summed E-state index contributed by atoms with van der Waals surface area (Å²) in [7, 11) is 0. The highest BCUT2D eigenvalue weighted by atomic mass is 16.5. The Balaban J connectivity index is 1.96. The Bertz CT molecular complexity index is 584. The van der Waals surface area contributed by atoms with E-state index >= 15 is 0 Å². The third-order valence-electron chi connectivity index (χ3n) is 3.81. The smallest absolute Gasteiger partial charge is 0.119 e. The van der Waals surface area contributed by atoms with Gasteiger partial charge in [-0.3, -0.25) is 0 Å². The molecular weight excluding hydrogens is 270 g/mol. The Morgan fingerprint density at radius 3 is 2.36 bits per heavy atom. The van der Waals surface area contributed by atoms with Gasteiger partial charge in [0.15, 0.2) is 0 Å². The molecule has 0 saturated carbocycles. The number of hydrogen-bond donors (Lipinski definition) is 1. The van der Waals surface area contributed by atoms with E-state index in [4.69, 9.17) is 4.74 Å². The zero-order chi connectivity index (χ0) is 15.9. The predicted octanol–water partition coefficient (Wildman–Crippen LogP) is 5.34. The van der Waals surface area contributed by atoms with Gasteiger partial charge < -0.3 is 10.1 Å². The van der Waals surface area contributed by atoms with Gasteiger partial charge in [0.2, 0.25) is 0 Å². The number of ether oxygens (including phenoxy) is 1. The second kappa shape index (κ2) is 7.88. The van der Waals surface area contributed by atoms with Gasteiger partial charge in [-0.05, 0) is 55.0 Å². The van der Waals surface area contributed by atoms with Crippen molar-refractivity contribution >= 4 is 5.69 Å².